The van der Waals surface area contributed by atoms with Gasteiger partial charge < -0.3 is 18.3 Å². The van der Waals surface area contributed by atoms with Crippen molar-refractivity contribution in [2.75, 3.05) is 0 Å². The summed E-state index contributed by atoms with van der Waals surface area (Å²) in [6.45, 7) is 0. The van der Waals surface area contributed by atoms with Gasteiger partial charge in [-0.25, -0.2) is 0 Å². The largest absolute Gasteiger partial charge is 0.472 e. The Hall–Kier alpha value is -4.84. The molecule has 2 aromatic heterocycles. The SMILES string of the molecule is C(=Nc1ccc(Oc2cccc(Oc3ccc(N=Cc4ccoc4)cc3)c2)cc1)c1ccoc1. The summed E-state index contributed by atoms with van der Waals surface area (Å²) in [4.78, 5) is 8.83. The van der Waals surface area contributed by atoms with Crippen LogP contribution >= 0.6 is 0 Å². The highest BCUT2D eigenvalue weighted by Gasteiger charge is 2.03. The van der Waals surface area contributed by atoms with E-state index in [9.17, 15) is 0 Å². The van der Waals surface area contributed by atoms with Crippen molar-refractivity contribution < 1.29 is 18.3 Å². The molecule has 5 rings (SSSR count). The van der Waals surface area contributed by atoms with Crippen LogP contribution < -0.4 is 9.47 Å². The van der Waals surface area contributed by atoms with Crippen LogP contribution in [0.3, 0.4) is 0 Å². The molecule has 2 heterocycles. The van der Waals surface area contributed by atoms with Gasteiger partial charge >= 0.3 is 0 Å². The van der Waals surface area contributed by atoms with Gasteiger partial charge in [0.25, 0.3) is 0 Å². The van der Waals surface area contributed by atoms with E-state index in [1.165, 1.54) is 0 Å². The highest BCUT2D eigenvalue weighted by molar-refractivity contribution is 5.81. The van der Waals surface area contributed by atoms with Crippen LogP contribution in [0.25, 0.3) is 0 Å². The van der Waals surface area contributed by atoms with Crippen molar-refractivity contribution in [2.24, 2.45) is 9.98 Å². The van der Waals surface area contributed by atoms with Crippen molar-refractivity contribution in [3.05, 3.63) is 121 Å². The second-order valence-electron chi connectivity index (χ2n) is 7.30. The molecule has 0 aliphatic heterocycles. The smallest absolute Gasteiger partial charge is 0.131 e. The first-order valence-electron chi connectivity index (χ1n) is 10.6. The second kappa shape index (κ2) is 10.2. The van der Waals surface area contributed by atoms with Gasteiger partial charge in [-0.15, -0.1) is 0 Å². The highest BCUT2D eigenvalue weighted by atomic mass is 16.5. The van der Waals surface area contributed by atoms with E-state index < -0.39 is 0 Å². The first kappa shape index (κ1) is 21.0. The first-order valence-corrected chi connectivity index (χ1v) is 10.6. The normalized spacial score (nSPS) is 11.3. The third-order valence-electron chi connectivity index (χ3n) is 4.76. The Bertz CT molecular complexity index is 1260. The molecule has 0 atom stereocenters. The summed E-state index contributed by atoms with van der Waals surface area (Å²) >= 11 is 0. The fourth-order valence-electron chi connectivity index (χ4n) is 3.07. The van der Waals surface area contributed by atoms with E-state index in [1.54, 1.807) is 37.5 Å². The fourth-order valence-corrected chi connectivity index (χ4v) is 3.07. The second-order valence-corrected chi connectivity index (χ2v) is 7.30. The Balaban J connectivity index is 1.20. The Morgan fingerprint density at radius 3 is 1.41 bits per heavy atom. The molecule has 0 aliphatic carbocycles. The van der Waals surface area contributed by atoms with Gasteiger partial charge in [-0.05, 0) is 72.8 Å². The van der Waals surface area contributed by atoms with E-state index in [0.29, 0.717) is 23.0 Å². The van der Waals surface area contributed by atoms with E-state index in [2.05, 4.69) is 9.98 Å². The monoisotopic (exact) mass is 448 g/mol. The number of benzene rings is 3. The summed E-state index contributed by atoms with van der Waals surface area (Å²) in [6, 6.07) is 26.2. The molecule has 0 saturated heterocycles. The highest BCUT2D eigenvalue weighted by Crippen LogP contribution is 2.30. The molecule has 0 fully saturated rings. The topological polar surface area (TPSA) is 69.5 Å². The molecule has 34 heavy (non-hydrogen) atoms. The zero-order chi connectivity index (χ0) is 23.0. The Morgan fingerprint density at radius 2 is 1.00 bits per heavy atom. The van der Waals surface area contributed by atoms with Crippen LogP contribution in [0.15, 0.2) is 129 Å². The number of aliphatic imine (C=N–C) groups is 2. The van der Waals surface area contributed by atoms with Crippen LogP contribution in [0.2, 0.25) is 0 Å². The van der Waals surface area contributed by atoms with Crippen molar-refractivity contribution >= 4 is 23.8 Å². The Kier molecular flexibility index (Phi) is 6.30. The maximum absolute atomic E-state index is 5.97. The van der Waals surface area contributed by atoms with Crippen molar-refractivity contribution in [1.29, 1.82) is 0 Å². The maximum atomic E-state index is 5.97. The van der Waals surface area contributed by atoms with Gasteiger partial charge in [0.15, 0.2) is 0 Å². The molecule has 0 saturated carbocycles. The summed E-state index contributed by atoms with van der Waals surface area (Å²) in [5.74, 6) is 2.76. The summed E-state index contributed by atoms with van der Waals surface area (Å²) in [7, 11) is 0. The lowest BCUT2D eigenvalue weighted by Gasteiger charge is -2.09. The van der Waals surface area contributed by atoms with Gasteiger partial charge in [0.2, 0.25) is 0 Å². The molecular weight excluding hydrogens is 428 g/mol. The lowest BCUT2D eigenvalue weighted by molar-refractivity contribution is 0.460. The maximum Gasteiger partial charge on any atom is 0.131 e. The minimum atomic E-state index is 0.675. The summed E-state index contributed by atoms with van der Waals surface area (Å²) in [5, 5.41) is 0. The van der Waals surface area contributed by atoms with E-state index in [4.69, 9.17) is 18.3 Å². The molecule has 0 bridgehead atoms. The molecule has 0 radical (unpaired) electrons. The number of nitrogens with zero attached hydrogens (tertiary/aromatic N) is 2. The Labute approximate surface area is 196 Å². The minimum Gasteiger partial charge on any atom is -0.472 e. The van der Waals surface area contributed by atoms with Crippen LogP contribution in [0.5, 0.6) is 23.0 Å². The quantitative estimate of drug-likeness (QED) is 0.226. The predicted octanol–water partition coefficient (Wildman–Crippen LogP) is 7.96. The number of ether oxygens (including phenoxy) is 2. The predicted molar refractivity (Wildman–Crippen MR) is 131 cm³/mol. The van der Waals surface area contributed by atoms with Gasteiger partial charge in [0, 0.05) is 29.6 Å². The number of rotatable bonds is 8. The molecule has 166 valence electrons. The van der Waals surface area contributed by atoms with Crippen LogP contribution in [-0.2, 0) is 0 Å². The molecule has 0 unspecified atom stereocenters. The molecule has 0 aliphatic rings. The lowest BCUT2D eigenvalue weighted by Crippen LogP contribution is -1.87. The Morgan fingerprint density at radius 1 is 0.529 bits per heavy atom. The number of hydrogen-bond donors (Lipinski definition) is 0. The van der Waals surface area contributed by atoms with Crippen LogP contribution in [-0.4, -0.2) is 12.4 Å². The molecule has 0 amide bonds. The molecule has 0 spiro atoms. The summed E-state index contributed by atoms with van der Waals surface area (Å²) in [5.41, 5.74) is 3.47. The third-order valence-corrected chi connectivity index (χ3v) is 4.76. The van der Waals surface area contributed by atoms with E-state index in [0.717, 1.165) is 22.5 Å². The average molecular weight is 448 g/mol. The first-order chi connectivity index (χ1) is 16.8. The average Bonchev–Trinajstić information content (AvgIpc) is 3.58. The van der Waals surface area contributed by atoms with Gasteiger partial charge in [-0.1, -0.05) is 6.07 Å². The number of hydrogen-bond acceptors (Lipinski definition) is 6. The fraction of sp³-hybridized carbons (Fsp3) is 0. The molecular formula is C28H20N2O4. The van der Waals surface area contributed by atoms with Crippen LogP contribution in [0.1, 0.15) is 11.1 Å². The van der Waals surface area contributed by atoms with Crippen LogP contribution in [0, 0.1) is 0 Å². The molecule has 5 aromatic rings. The summed E-state index contributed by atoms with van der Waals surface area (Å²) < 4.78 is 22.0. The van der Waals surface area contributed by atoms with Crippen molar-refractivity contribution in [3.63, 3.8) is 0 Å². The third kappa shape index (κ3) is 5.69. The van der Waals surface area contributed by atoms with Crippen molar-refractivity contribution in [2.45, 2.75) is 0 Å². The lowest BCUT2D eigenvalue weighted by atomic mass is 10.3. The van der Waals surface area contributed by atoms with Gasteiger partial charge in [0.1, 0.15) is 23.0 Å². The molecule has 6 nitrogen and oxygen atoms in total. The zero-order valence-electron chi connectivity index (χ0n) is 18.1. The number of furan rings is 2. The van der Waals surface area contributed by atoms with E-state index in [-0.39, 0.29) is 0 Å². The summed E-state index contributed by atoms with van der Waals surface area (Å²) in [6.07, 6.45) is 10.0. The molecule has 0 N–H and O–H groups in total. The van der Waals surface area contributed by atoms with Crippen molar-refractivity contribution in [3.8, 4) is 23.0 Å². The standard InChI is InChI=1S/C28H20N2O4/c1-2-27(33-25-8-4-23(5-9-25)29-17-21-12-14-31-19-21)16-28(3-1)34-26-10-6-24(7-11-26)30-18-22-13-15-32-20-22/h1-20H. The van der Waals surface area contributed by atoms with E-state index >= 15 is 0 Å². The molecule has 6 heteroatoms. The minimum absolute atomic E-state index is 0.675. The zero-order valence-corrected chi connectivity index (χ0v) is 18.1. The molecule has 3 aromatic carbocycles. The van der Waals surface area contributed by atoms with Gasteiger partial charge in [0.05, 0.1) is 36.4 Å². The van der Waals surface area contributed by atoms with Gasteiger partial charge in [-0.2, -0.15) is 0 Å². The van der Waals surface area contributed by atoms with Crippen molar-refractivity contribution in [1.82, 2.24) is 0 Å². The van der Waals surface area contributed by atoms with Gasteiger partial charge in [-0.3, -0.25) is 9.98 Å². The van der Waals surface area contributed by atoms with Crippen LogP contribution in [0.4, 0.5) is 11.4 Å². The van der Waals surface area contributed by atoms with E-state index in [1.807, 2.05) is 84.9 Å².